The third kappa shape index (κ3) is 3.37. The van der Waals surface area contributed by atoms with Crippen LogP contribution in [0.3, 0.4) is 0 Å². The fourth-order valence-electron chi connectivity index (χ4n) is 2.63. The maximum Gasteiger partial charge on any atom is 0.0408 e. The molecular weight excluding hydrogens is 254 g/mol. The van der Waals surface area contributed by atoms with E-state index in [1.165, 1.54) is 22.3 Å². The first-order chi connectivity index (χ1) is 9.11. The highest BCUT2D eigenvalue weighted by molar-refractivity contribution is 6.30. The predicted octanol–water partition coefficient (Wildman–Crippen LogP) is 4.46. The highest BCUT2D eigenvalue weighted by atomic mass is 35.5. The molecule has 2 heteroatoms. The highest BCUT2D eigenvalue weighted by Gasteiger charge is 2.14. The minimum Gasteiger partial charge on any atom is -0.313 e. The van der Waals surface area contributed by atoms with Gasteiger partial charge in [-0.15, -0.1) is 0 Å². The van der Waals surface area contributed by atoms with E-state index in [4.69, 9.17) is 11.6 Å². The summed E-state index contributed by atoms with van der Waals surface area (Å²) in [5, 5.41) is 4.22. The Balaban J connectivity index is 2.30. The molecule has 0 fully saturated rings. The van der Waals surface area contributed by atoms with Gasteiger partial charge in [0.2, 0.25) is 0 Å². The number of benzene rings is 2. The van der Waals surface area contributed by atoms with Crippen molar-refractivity contribution in [2.75, 3.05) is 7.05 Å². The summed E-state index contributed by atoms with van der Waals surface area (Å²) in [4.78, 5) is 0. The van der Waals surface area contributed by atoms with E-state index in [1.54, 1.807) is 0 Å². The molecular formula is C17H20ClN. The Kier molecular flexibility index (Phi) is 4.62. The molecule has 2 aromatic carbocycles. The van der Waals surface area contributed by atoms with Gasteiger partial charge in [0.1, 0.15) is 0 Å². The molecule has 19 heavy (non-hydrogen) atoms. The number of rotatable bonds is 4. The third-order valence-electron chi connectivity index (χ3n) is 3.57. The van der Waals surface area contributed by atoms with Crippen molar-refractivity contribution < 1.29 is 0 Å². The fraction of sp³-hybridized carbons (Fsp3) is 0.294. The van der Waals surface area contributed by atoms with Crippen LogP contribution < -0.4 is 5.32 Å². The molecule has 0 amide bonds. The van der Waals surface area contributed by atoms with Gasteiger partial charge in [-0.1, -0.05) is 41.9 Å². The van der Waals surface area contributed by atoms with Gasteiger partial charge in [-0.3, -0.25) is 0 Å². The molecule has 1 nitrogen and oxygen atoms in total. The molecule has 100 valence electrons. The lowest BCUT2D eigenvalue weighted by Gasteiger charge is -2.21. The zero-order chi connectivity index (χ0) is 13.8. The van der Waals surface area contributed by atoms with Gasteiger partial charge in [-0.25, -0.2) is 0 Å². The van der Waals surface area contributed by atoms with E-state index in [0.29, 0.717) is 6.04 Å². The zero-order valence-corrected chi connectivity index (χ0v) is 12.5. The Morgan fingerprint density at radius 2 is 1.68 bits per heavy atom. The molecule has 0 spiro atoms. The summed E-state index contributed by atoms with van der Waals surface area (Å²) in [6.45, 7) is 4.34. The normalized spacial score (nSPS) is 12.4. The standard InChI is InChI=1S/C17H20ClN/c1-12-6-4-7-13(2)17(12)16(19-3)11-14-8-5-9-15(18)10-14/h4-10,16,19H,11H2,1-3H3. The monoisotopic (exact) mass is 273 g/mol. The summed E-state index contributed by atoms with van der Waals surface area (Å²) in [6.07, 6.45) is 0.947. The Morgan fingerprint density at radius 1 is 1.05 bits per heavy atom. The van der Waals surface area contributed by atoms with Gasteiger partial charge >= 0.3 is 0 Å². The smallest absolute Gasteiger partial charge is 0.0408 e. The Hall–Kier alpha value is -1.31. The van der Waals surface area contributed by atoms with E-state index in [2.05, 4.69) is 43.4 Å². The van der Waals surface area contributed by atoms with Crippen molar-refractivity contribution in [3.05, 3.63) is 69.7 Å². The number of likely N-dealkylation sites (N-methyl/N-ethyl adjacent to an activating group) is 1. The van der Waals surface area contributed by atoms with Crippen molar-refractivity contribution in [3.8, 4) is 0 Å². The topological polar surface area (TPSA) is 12.0 Å². The number of aryl methyl sites for hydroxylation is 2. The van der Waals surface area contributed by atoms with Crippen molar-refractivity contribution in [1.82, 2.24) is 5.32 Å². The first kappa shape index (κ1) is 14.1. The Bertz CT molecular complexity index is 543. The van der Waals surface area contributed by atoms with Gasteiger partial charge in [0.15, 0.2) is 0 Å². The van der Waals surface area contributed by atoms with E-state index in [1.807, 2.05) is 25.2 Å². The molecule has 2 rings (SSSR count). The first-order valence-electron chi connectivity index (χ1n) is 6.59. The van der Waals surface area contributed by atoms with Crippen molar-refractivity contribution in [2.24, 2.45) is 0 Å². The van der Waals surface area contributed by atoms with Crippen molar-refractivity contribution in [2.45, 2.75) is 26.3 Å². The lowest BCUT2D eigenvalue weighted by atomic mass is 9.92. The van der Waals surface area contributed by atoms with Crippen LogP contribution >= 0.6 is 11.6 Å². The van der Waals surface area contributed by atoms with Crippen molar-refractivity contribution in [3.63, 3.8) is 0 Å². The molecule has 2 aromatic rings. The Labute approximate surface area is 120 Å². The molecule has 0 radical (unpaired) electrons. The SMILES string of the molecule is CNC(Cc1cccc(Cl)c1)c1c(C)cccc1C. The second kappa shape index (κ2) is 6.23. The van der Waals surface area contributed by atoms with Crippen LogP contribution in [0.15, 0.2) is 42.5 Å². The summed E-state index contributed by atoms with van der Waals surface area (Å²) < 4.78 is 0. The number of halogens is 1. The van der Waals surface area contributed by atoms with E-state index in [0.717, 1.165) is 11.4 Å². The predicted molar refractivity (Wildman–Crippen MR) is 82.9 cm³/mol. The van der Waals surface area contributed by atoms with Gasteiger partial charge in [-0.2, -0.15) is 0 Å². The molecule has 1 unspecified atom stereocenters. The van der Waals surface area contributed by atoms with E-state index in [9.17, 15) is 0 Å². The molecule has 0 aromatic heterocycles. The van der Waals surface area contributed by atoms with Gasteiger partial charge < -0.3 is 5.32 Å². The average Bonchev–Trinajstić information content (AvgIpc) is 2.37. The summed E-state index contributed by atoms with van der Waals surface area (Å²) in [5.74, 6) is 0. The van der Waals surface area contributed by atoms with Crippen LogP contribution in [0.5, 0.6) is 0 Å². The van der Waals surface area contributed by atoms with Crippen molar-refractivity contribution >= 4 is 11.6 Å². The summed E-state index contributed by atoms with van der Waals surface area (Å²) >= 11 is 6.06. The average molecular weight is 274 g/mol. The third-order valence-corrected chi connectivity index (χ3v) is 3.80. The van der Waals surface area contributed by atoms with Crippen molar-refractivity contribution in [1.29, 1.82) is 0 Å². The largest absolute Gasteiger partial charge is 0.313 e. The zero-order valence-electron chi connectivity index (χ0n) is 11.7. The molecule has 0 bridgehead atoms. The highest BCUT2D eigenvalue weighted by Crippen LogP contribution is 2.25. The summed E-state index contributed by atoms with van der Waals surface area (Å²) in [6, 6.07) is 14.9. The van der Waals surface area contributed by atoms with Crippen LogP contribution in [-0.2, 0) is 6.42 Å². The van der Waals surface area contributed by atoms with Gasteiger partial charge in [-0.05, 0) is 61.7 Å². The van der Waals surface area contributed by atoms with Crippen LogP contribution in [0, 0.1) is 13.8 Å². The van der Waals surface area contributed by atoms with Gasteiger partial charge in [0.25, 0.3) is 0 Å². The van der Waals surface area contributed by atoms with Crippen LogP contribution in [-0.4, -0.2) is 7.05 Å². The maximum atomic E-state index is 6.06. The maximum absolute atomic E-state index is 6.06. The number of hydrogen-bond donors (Lipinski definition) is 1. The fourth-order valence-corrected chi connectivity index (χ4v) is 2.84. The quantitative estimate of drug-likeness (QED) is 0.867. The lowest BCUT2D eigenvalue weighted by Crippen LogP contribution is -2.20. The second-order valence-electron chi connectivity index (χ2n) is 4.98. The van der Waals surface area contributed by atoms with E-state index in [-0.39, 0.29) is 0 Å². The second-order valence-corrected chi connectivity index (χ2v) is 5.42. The lowest BCUT2D eigenvalue weighted by molar-refractivity contribution is 0.586. The molecule has 0 saturated heterocycles. The van der Waals surface area contributed by atoms with Crippen LogP contribution in [0.2, 0.25) is 5.02 Å². The molecule has 0 heterocycles. The van der Waals surface area contributed by atoms with E-state index >= 15 is 0 Å². The molecule has 1 N–H and O–H groups in total. The first-order valence-corrected chi connectivity index (χ1v) is 6.97. The van der Waals surface area contributed by atoms with Gasteiger partial charge in [0.05, 0.1) is 0 Å². The Morgan fingerprint density at radius 3 is 2.26 bits per heavy atom. The molecule has 1 atom stereocenters. The molecule has 0 aliphatic heterocycles. The van der Waals surface area contributed by atoms with Crippen LogP contribution in [0.4, 0.5) is 0 Å². The minimum absolute atomic E-state index is 0.319. The van der Waals surface area contributed by atoms with Crippen LogP contribution in [0.25, 0.3) is 0 Å². The molecule has 0 aliphatic rings. The number of hydrogen-bond acceptors (Lipinski definition) is 1. The number of nitrogens with one attached hydrogen (secondary N) is 1. The minimum atomic E-state index is 0.319. The van der Waals surface area contributed by atoms with Crippen LogP contribution in [0.1, 0.15) is 28.3 Å². The summed E-state index contributed by atoms with van der Waals surface area (Å²) in [7, 11) is 2.01. The van der Waals surface area contributed by atoms with E-state index < -0.39 is 0 Å². The van der Waals surface area contributed by atoms with Gasteiger partial charge in [0, 0.05) is 11.1 Å². The molecule has 0 saturated carbocycles. The summed E-state index contributed by atoms with van der Waals surface area (Å²) in [5.41, 5.74) is 5.32. The molecule has 0 aliphatic carbocycles.